The number of nitrogens with one attached hydrogen (secondary N) is 1. The van der Waals surface area contributed by atoms with Crippen molar-refractivity contribution in [3.05, 3.63) is 114 Å². The number of nitrogens with zero attached hydrogens (tertiary/aromatic N) is 4. The fourth-order valence-corrected chi connectivity index (χ4v) is 4.64. The molecule has 42 heavy (non-hydrogen) atoms. The maximum atomic E-state index is 10.4. The number of amidine groups is 2. The average molecular weight is 557 g/mol. The first kappa shape index (κ1) is 26.5. The standard InChI is InChI=1S/C33H28N6O3/c1-39-17-16-36-32(39)25-8-5-9-26(18-25)41-33-37-27(23-12-10-22(11-13-23)21-6-3-2-4-7-21)20-30(38-33)42-29-19-24(31(34)35)14-15-28(29)40/h2-15,18-20,40H,16-17H2,1H3,(H3,34,35). The Kier molecular flexibility index (Phi) is 7.21. The number of rotatable bonds is 8. The third-order valence-electron chi connectivity index (χ3n) is 6.82. The molecule has 9 heteroatoms. The van der Waals surface area contributed by atoms with Gasteiger partial charge in [0.25, 0.3) is 0 Å². The van der Waals surface area contributed by atoms with Gasteiger partial charge < -0.3 is 25.2 Å². The molecular formula is C33H28N6O3. The van der Waals surface area contributed by atoms with Gasteiger partial charge in [-0.15, -0.1) is 0 Å². The van der Waals surface area contributed by atoms with Crippen LogP contribution >= 0.6 is 0 Å². The van der Waals surface area contributed by atoms with Crippen LogP contribution in [0.15, 0.2) is 108 Å². The summed E-state index contributed by atoms with van der Waals surface area (Å²) in [5, 5.41) is 18.2. The molecule has 1 aliphatic rings. The van der Waals surface area contributed by atoms with E-state index in [4.69, 9.17) is 20.6 Å². The highest BCUT2D eigenvalue weighted by molar-refractivity contribution is 6.00. The molecule has 6 rings (SSSR count). The van der Waals surface area contributed by atoms with Crippen molar-refractivity contribution in [1.29, 1.82) is 5.41 Å². The van der Waals surface area contributed by atoms with Crippen LogP contribution in [0, 0.1) is 5.41 Å². The Hall–Kier alpha value is -5.70. The van der Waals surface area contributed by atoms with Crippen LogP contribution < -0.4 is 15.2 Å². The van der Waals surface area contributed by atoms with E-state index in [2.05, 4.69) is 32.0 Å². The van der Waals surface area contributed by atoms with Gasteiger partial charge in [-0.05, 0) is 41.5 Å². The van der Waals surface area contributed by atoms with Crippen molar-refractivity contribution in [2.45, 2.75) is 0 Å². The summed E-state index contributed by atoms with van der Waals surface area (Å²) in [6, 6.07) is 31.9. The Morgan fingerprint density at radius 2 is 1.55 bits per heavy atom. The summed E-state index contributed by atoms with van der Waals surface area (Å²) in [6.45, 7) is 1.62. The van der Waals surface area contributed by atoms with Crippen LogP contribution in [0.4, 0.5) is 0 Å². The van der Waals surface area contributed by atoms with Gasteiger partial charge in [0.15, 0.2) is 11.5 Å². The monoisotopic (exact) mass is 556 g/mol. The van der Waals surface area contributed by atoms with Crippen molar-refractivity contribution >= 4 is 11.7 Å². The number of nitrogens with two attached hydrogens (primary N) is 1. The predicted octanol–water partition coefficient (Wildman–Crippen LogP) is 6.08. The normalized spacial score (nSPS) is 12.6. The number of phenolic OH excluding ortho intramolecular Hbond substituents is 1. The van der Waals surface area contributed by atoms with Crippen molar-refractivity contribution in [1.82, 2.24) is 14.9 Å². The van der Waals surface area contributed by atoms with E-state index < -0.39 is 0 Å². The summed E-state index contributed by atoms with van der Waals surface area (Å²) in [6.07, 6.45) is 0. The molecule has 1 aliphatic heterocycles. The van der Waals surface area contributed by atoms with Crippen molar-refractivity contribution in [2.75, 3.05) is 20.1 Å². The van der Waals surface area contributed by atoms with E-state index in [-0.39, 0.29) is 29.2 Å². The molecule has 0 spiro atoms. The second kappa shape index (κ2) is 11.4. The van der Waals surface area contributed by atoms with Gasteiger partial charge in [0.2, 0.25) is 5.88 Å². The fourth-order valence-electron chi connectivity index (χ4n) is 4.64. The lowest BCUT2D eigenvalue weighted by atomic mass is 10.0. The van der Waals surface area contributed by atoms with Crippen molar-refractivity contribution < 1.29 is 14.6 Å². The molecule has 0 amide bonds. The fraction of sp³-hybridized carbons (Fsp3) is 0.0909. The molecule has 9 nitrogen and oxygen atoms in total. The molecule has 0 saturated heterocycles. The third kappa shape index (κ3) is 5.75. The van der Waals surface area contributed by atoms with E-state index in [0.29, 0.717) is 17.0 Å². The van der Waals surface area contributed by atoms with Gasteiger partial charge >= 0.3 is 6.01 Å². The molecule has 4 aromatic carbocycles. The Morgan fingerprint density at radius 3 is 2.29 bits per heavy atom. The summed E-state index contributed by atoms with van der Waals surface area (Å²) in [7, 11) is 2.01. The van der Waals surface area contributed by atoms with E-state index in [1.54, 1.807) is 6.07 Å². The number of hydrogen-bond acceptors (Lipinski definition) is 8. The zero-order valence-electron chi connectivity index (χ0n) is 22.9. The molecule has 0 unspecified atom stereocenters. The first-order chi connectivity index (χ1) is 20.4. The summed E-state index contributed by atoms with van der Waals surface area (Å²) in [5.41, 5.74) is 10.6. The number of aliphatic imine (C=N–C) groups is 1. The first-order valence-corrected chi connectivity index (χ1v) is 13.4. The molecule has 0 fully saturated rings. The average Bonchev–Trinajstić information content (AvgIpc) is 3.44. The van der Waals surface area contributed by atoms with Crippen LogP contribution in [-0.4, -0.2) is 51.8 Å². The van der Waals surface area contributed by atoms with Gasteiger partial charge in [-0.2, -0.15) is 9.97 Å². The molecule has 0 bridgehead atoms. The summed E-state index contributed by atoms with van der Waals surface area (Å²) < 4.78 is 12.1. The lowest BCUT2D eigenvalue weighted by molar-refractivity contribution is 0.387. The smallest absolute Gasteiger partial charge is 0.325 e. The van der Waals surface area contributed by atoms with Gasteiger partial charge in [0.1, 0.15) is 17.4 Å². The zero-order chi connectivity index (χ0) is 29.1. The van der Waals surface area contributed by atoms with Crippen LogP contribution in [0.2, 0.25) is 0 Å². The highest BCUT2D eigenvalue weighted by Crippen LogP contribution is 2.34. The summed E-state index contributed by atoms with van der Waals surface area (Å²) in [4.78, 5) is 15.9. The topological polar surface area (TPSA) is 130 Å². The number of phenols is 1. The van der Waals surface area contributed by atoms with Crippen LogP contribution in [-0.2, 0) is 0 Å². The number of ether oxygens (including phenoxy) is 2. The summed E-state index contributed by atoms with van der Waals surface area (Å²) in [5.74, 6) is 1.42. The minimum absolute atomic E-state index is 0.0655. The summed E-state index contributed by atoms with van der Waals surface area (Å²) >= 11 is 0. The van der Waals surface area contributed by atoms with Gasteiger partial charge in [0, 0.05) is 36.3 Å². The third-order valence-corrected chi connectivity index (χ3v) is 6.82. The second-order valence-corrected chi connectivity index (χ2v) is 9.77. The van der Waals surface area contributed by atoms with Crippen LogP contribution in [0.1, 0.15) is 11.1 Å². The Morgan fingerprint density at radius 1 is 0.810 bits per heavy atom. The minimum Gasteiger partial charge on any atom is -0.504 e. The molecule has 208 valence electrons. The molecule has 0 saturated carbocycles. The lowest BCUT2D eigenvalue weighted by Crippen LogP contribution is -2.23. The van der Waals surface area contributed by atoms with Gasteiger partial charge in [-0.3, -0.25) is 10.4 Å². The number of hydrogen-bond donors (Lipinski definition) is 3. The molecule has 0 aliphatic carbocycles. The largest absolute Gasteiger partial charge is 0.504 e. The molecule has 4 N–H and O–H groups in total. The van der Waals surface area contributed by atoms with E-state index in [0.717, 1.165) is 41.2 Å². The van der Waals surface area contributed by atoms with E-state index in [1.165, 1.54) is 18.2 Å². The number of benzene rings is 4. The molecular weight excluding hydrogens is 528 g/mol. The maximum Gasteiger partial charge on any atom is 0.325 e. The van der Waals surface area contributed by atoms with Gasteiger partial charge in [-0.25, -0.2) is 0 Å². The van der Waals surface area contributed by atoms with Gasteiger partial charge in [-0.1, -0.05) is 66.7 Å². The van der Waals surface area contributed by atoms with Crippen molar-refractivity contribution in [2.24, 2.45) is 10.7 Å². The number of likely N-dealkylation sites (N-methyl/N-ethyl adjacent to an activating group) is 1. The zero-order valence-corrected chi connectivity index (χ0v) is 22.9. The van der Waals surface area contributed by atoms with E-state index in [1.807, 2.05) is 73.8 Å². The number of aromatic hydroxyl groups is 1. The molecule has 0 atom stereocenters. The second-order valence-electron chi connectivity index (χ2n) is 9.77. The van der Waals surface area contributed by atoms with Gasteiger partial charge in [0.05, 0.1) is 12.2 Å². The minimum atomic E-state index is -0.150. The first-order valence-electron chi connectivity index (χ1n) is 13.4. The van der Waals surface area contributed by atoms with E-state index >= 15 is 0 Å². The molecule has 5 aromatic rings. The lowest BCUT2D eigenvalue weighted by Gasteiger charge is -2.15. The highest BCUT2D eigenvalue weighted by Gasteiger charge is 2.17. The highest BCUT2D eigenvalue weighted by atomic mass is 16.5. The van der Waals surface area contributed by atoms with Crippen molar-refractivity contribution in [3.63, 3.8) is 0 Å². The predicted molar refractivity (Wildman–Crippen MR) is 163 cm³/mol. The number of nitrogen functional groups attached to an aromatic ring is 1. The van der Waals surface area contributed by atoms with E-state index in [9.17, 15) is 5.11 Å². The Labute approximate surface area is 243 Å². The van der Waals surface area contributed by atoms with Crippen LogP contribution in [0.25, 0.3) is 22.4 Å². The Balaban J connectivity index is 1.37. The molecule has 0 radical (unpaired) electrons. The Bertz CT molecular complexity index is 1790. The maximum absolute atomic E-state index is 10.4. The van der Waals surface area contributed by atoms with Crippen LogP contribution in [0.3, 0.4) is 0 Å². The number of aromatic nitrogens is 2. The molecule has 1 aromatic heterocycles. The SMILES string of the molecule is CN1CCN=C1c1cccc(Oc2nc(Oc3cc(C(=N)N)ccc3O)cc(-c3ccc(-c4ccccc4)cc3)n2)c1. The van der Waals surface area contributed by atoms with Crippen molar-refractivity contribution in [3.8, 4) is 51.5 Å². The van der Waals surface area contributed by atoms with Crippen LogP contribution in [0.5, 0.6) is 29.1 Å². The quantitative estimate of drug-likeness (QED) is 0.156. The molecule has 2 heterocycles.